The van der Waals surface area contributed by atoms with Gasteiger partial charge >= 0.3 is 0 Å². The van der Waals surface area contributed by atoms with Gasteiger partial charge in [0.05, 0.1) is 22.5 Å². The Morgan fingerprint density at radius 1 is 1.00 bits per heavy atom. The number of methoxy groups -OCH3 is 1. The van der Waals surface area contributed by atoms with Crippen molar-refractivity contribution in [2.24, 2.45) is 0 Å². The molecule has 0 fully saturated rings. The molecule has 0 aliphatic rings. The molecule has 0 amide bonds. The molecule has 28 heavy (non-hydrogen) atoms. The van der Waals surface area contributed by atoms with Crippen molar-refractivity contribution in [1.82, 2.24) is 0 Å². The molecule has 3 aromatic rings. The Bertz CT molecular complexity index is 1140. The highest BCUT2D eigenvalue weighted by atomic mass is 35.5. The van der Waals surface area contributed by atoms with Crippen LogP contribution >= 0.6 is 11.6 Å². The van der Waals surface area contributed by atoms with Gasteiger partial charge in [-0.3, -0.25) is 0 Å². The maximum atomic E-state index is 13.0. The van der Waals surface area contributed by atoms with Crippen LogP contribution in [0.2, 0.25) is 5.02 Å². The highest BCUT2D eigenvalue weighted by Crippen LogP contribution is 2.34. The number of nitriles is 1. The molecule has 0 unspecified atom stereocenters. The van der Waals surface area contributed by atoms with Gasteiger partial charge in [0.1, 0.15) is 12.7 Å². The Morgan fingerprint density at radius 2 is 1.75 bits per heavy atom. The molecule has 7 heteroatoms. The van der Waals surface area contributed by atoms with E-state index in [-0.39, 0.29) is 26.1 Å². The fourth-order valence-corrected chi connectivity index (χ4v) is 4.20. The summed E-state index contributed by atoms with van der Waals surface area (Å²) in [7, 11) is -2.50. The number of sulfone groups is 1. The molecule has 0 aliphatic heterocycles. The van der Waals surface area contributed by atoms with Crippen molar-refractivity contribution in [3.63, 3.8) is 0 Å². The first-order valence-corrected chi connectivity index (χ1v) is 10.1. The molecule has 142 valence electrons. The van der Waals surface area contributed by atoms with E-state index in [0.29, 0.717) is 12.4 Å². The predicted octanol–water partition coefficient (Wildman–Crippen LogP) is 4.63. The molecule has 0 spiro atoms. The van der Waals surface area contributed by atoms with Gasteiger partial charge in [-0.15, -0.1) is 0 Å². The van der Waals surface area contributed by atoms with Gasteiger partial charge in [0.2, 0.25) is 9.84 Å². The number of halogens is 1. The molecule has 0 saturated carbocycles. The van der Waals surface area contributed by atoms with E-state index in [9.17, 15) is 13.7 Å². The summed E-state index contributed by atoms with van der Waals surface area (Å²) >= 11 is 5.86. The van der Waals surface area contributed by atoms with E-state index >= 15 is 0 Å². The number of ether oxygens (including phenoxy) is 2. The molecule has 0 saturated heterocycles. The monoisotopic (exact) mass is 413 g/mol. The number of hydrogen-bond acceptors (Lipinski definition) is 5. The van der Waals surface area contributed by atoms with Gasteiger partial charge in [-0.2, -0.15) is 5.26 Å². The van der Waals surface area contributed by atoms with Crippen LogP contribution in [0.4, 0.5) is 0 Å². The van der Waals surface area contributed by atoms with Crippen LogP contribution in [-0.2, 0) is 16.4 Å². The quantitative estimate of drug-likeness (QED) is 0.588. The first-order valence-electron chi connectivity index (χ1n) is 8.25. The molecule has 0 atom stereocenters. The molecular weight excluding hydrogens is 398 g/mol. The van der Waals surface area contributed by atoms with Gasteiger partial charge < -0.3 is 9.47 Å². The smallest absolute Gasteiger partial charge is 0.208 e. The van der Waals surface area contributed by atoms with Gasteiger partial charge in [-0.05, 0) is 35.9 Å². The fraction of sp³-hybridized carbons (Fsp3) is 0.0952. The van der Waals surface area contributed by atoms with Crippen LogP contribution in [0.25, 0.3) is 0 Å². The molecular formula is C21H16ClNO4S. The van der Waals surface area contributed by atoms with Gasteiger partial charge in [0, 0.05) is 11.1 Å². The minimum Gasteiger partial charge on any atom is -0.493 e. The first-order chi connectivity index (χ1) is 13.5. The lowest BCUT2D eigenvalue weighted by Crippen LogP contribution is -2.06. The van der Waals surface area contributed by atoms with Crippen LogP contribution in [0.5, 0.6) is 11.5 Å². The largest absolute Gasteiger partial charge is 0.493 e. The molecule has 0 heterocycles. The normalized spacial score (nSPS) is 10.9. The Balaban J connectivity index is 1.94. The van der Waals surface area contributed by atoms with Crippen molar-refractivity contribution < 1.29 is 17.9 Å². The van der Waals surface area contributed by atoms with E-state index in [4.69, 9.17) is 21.1 Å². The van der Waals surface area contributed by atoms with Crippen molar-refractivity contribution in [2.45, 2.75) is 16.4 Å². The molecule has 5 nitrogen and oxygen atoms in total. The molecule has 3 aromatic carbocycles. The molecule has 0 aromatic heterocycles. The summed E-state index contributed by atoms with van der Waals surface area (Å²) in [5.74, 6) is 0.700. The number of hydrogen-bond donors (Lipinski definition) is 0. The van der Waals surface area contributed by atoms with E-state index < -0.39 is 9.84 Å². The van der Waals surface area contributed by atoms with Crippen molar-refractivity contribution in [1.29, 1.82) is 5.26 Å². The molecule has 0 N–H and O–H groups in total. The molecule has 0 aliphatic carbocycles. The Morgan fingerprint density at radius 3 is 2.43 bits per heavy atom. The maximum Gasteiger partial charge on any atom is 0.208 e. The van der Waals surface area contributed by atoms with Gasteiger partial charge in [0.15, 0.2) is 11.5 Å². The summed E-state index contributed by atoms with van der Waals surface area (Å²) in [5.41, 5.74) is 0.956. The standard InChI is InChI=1S/C21H16ClNO4S/c1-26-20-12-18(8-9-19(20)27-14-15-5-3-2-4-6-15)28(24,25)21-10-7-17(22)11-16(21)13-23/h2-12H,14H2,1H3. The zero-order valence-corrected chi connectivity index (χ0v) is 16.5. The second-order valence-electron chi connectivity index (χ2n) is 5.84. The molecule has 0 bridgehead atoms. The minimum absolute atomic E-state index is 0.00441. The van der Waals surface area contributed by atoms with Gasteiger partial charge in [-0.25, -0.2) is 8.42 Å². The molecule has 3 rings (SSSR count). The third kappa shape index (κ3) is 4.11. The molecule has 0 radical (unpaired) electrons. The van der Waals surface area contributed by atoms with Crippen LogP contribution in [0.1, 0.15) is 11.1 Å². The second kappa shape index (κ2) is 8.34. The highest BCUT2D eigenvalue weighted by Gasteiger charge is 2.23. The maximum absolute atomic E-state index is 13.0. The van der Waals surface area contributed by atoms with E-state index in [2.05, 4.69) is 0 Å². The zero-order chi connectivity index (χ0) is 20.1. The predicted molar refractivity (Wildman–Crippen MR) is 105 cm³/mol. The van der Waals surface area contributed by atoms with E-state index in [1.54, 1.807) is 0 Å². The summed E-state index contributed by atoms with van der Waals surface area (Å²) in [4.78, 5) is -0.116. The van der Waals surface area contributed by atoms with E-state index in [1.165, 1.54) is 43.5 Å². The van der Waals surface area contributed by atoms with Crippen molar-refractivity contribution in [2.75, 3.05) is 7.11 Å². The SMILES string of the molecule is COc1cc(S(=O)(=O)c2ccc(Cl)cc2C#N)ccc1OCc1ccccc1. The number of benzene rings is 3. The lowest BCUT2D eigenvalue weighted by molar-refractivity contribution is 0.284. The second-order valence-corrected chi connectivity index (χ2v) is 8.20. The summed E-state index contributed by atoms with van der Waals surface area (Å²) in [5, 5.41) is 9.55. The van der Waals surface area contributed by atoms with Crippen LogP contribution < -0.4 is 9.47 Å². The summed E-state index contributed by atoms with van der Waals surface area (Å²) < 4.78 is 37.1. The first kappa shape index (κ1) is 19.7. The average molecular weight is 414 g/mol. The Kier molecular flexibility index (Phi) is 5.88. The van der Waals surface area contributed by atoms with Crippen LogP contribution in [-0.4, -0.2) is 15.5 Å². The van der Waals surface area contributed by atoms with Crippen molar-refractivity contribution >= 4 is 21.4 Å². The number of nitrogens with zero attached hydrogens (tertiary/aromatic N) is 1. The summed E-state index contributed by atoms with van der Waals surface area (Å²) in [6.45, 7) is 0.319. The average Bonchev–Trinajstić information content (AvgIpc) is 2.72. The van der Waals surface area contributed by atoms with E-state index in [0.717, 1.165) is 5.56 Å². The van der Waals surface area contributed by atoms with E-state index in [1.807, 2.05) is 36.4 Å². The lowest BCUT2D eigenvalue weighted by atomic mass is 10.2. The third-order valence-corrected chi connectivity index (χ3v) is 6.08. The third-order valence-electron chi connectivity index (χ3n) is 4.03. The topological polar surface area (TPSA) is 76.4 Å². The Labute approximate surface area is 168 Å². The van der Waals surface area contributed by atoms with Crippen molar-refractivity contribution in [3.05, 3.63) is 82.9 Å². The fourth-order valence-electron chi connectivity index (χ4n) is 2.62. The van der Waals surface area contributed by atoms with Gasteiger partial charge in [0.25, 0.3) is 0 Å². The van der Waals surface area contributed by atoms with Crippen molar-refractivity contribution in [3.8, 4) is 17.6 Å². The zero-order valence-electron chi connectivity index (χ0n) is 14.9. The Hall–Kier alpha value is -3.01. The van der Waals surface area contributed by atoms with Crippen LogP contribution in [0.3, 0.4) is 0 Å². The van der Waals surface area contributed by atoms with Crippen LogP contribution in [0, 0.1) is 11.3 Å². The summed E-state index contributed by atoms with van der Waals surface area (Å²) in [6.07, 6.45) is 0. The van der Waals surface area contributed by atoms with Gasteiger partial charge in [-0.1, -0.05) is 41.9 Å². The number of rotatable bonds is 6. The minimum atomic E-state index is -3.93. The van der Waals surface area contributed by atoms with Crippen LogP contribution in [0.15, 0.2) is 76.5 Å². The summed E-state index contributed by atoms with van der Waals surface area (Å²) in [6, 6.07) is 19.9. The lowest BCUT2D eigenvalue weighted by Gasteiger charge is -2.13. The highest BCUT2D eigenvalue weighted by molar-refractivity contribution is 7.91.